The SMILES string of the molecule is O=C(NCC1CCN(c2ccc(F)cc2)C1)C1CCCN1C(=O)c1cc(Cl)cc(Cl)c1. The summed E-state index contributed by atoms with van der Waals surface area (Å²) < 4.78 is 13.1. The Morgan fingerprint density at radius 2 is 1.74 bits per heavy atom. The Bertz CT molecular complexity index is 950. The molecule has 164 valence electrons. The van der Waals surface area contributed by atoms with Crippen molar-refractivity contribution in [2.24, 2.45) is 5.92 Å². The number of nitrogens with one attached hydrogen (secondary N) is 1. The van der Waals surface area contributed by atoms with Crippen LogP contribution in [-0.2, 0) is 4.79 Å². The average molecular weight is 464 g/mol. The molecule has 0 aliphatic carbocycles. The predicted molar refractivity (Wildman–Crippen MR) is 120 cm³/mol. The van der Waals surface area contributed by atoms with Crippen LogP contribution in [0.2, 0.25) is 10.0 Å². The third-order valence-electron chi connectivity index (χ3n) is 5.97. The molecule has 0 bridgehead atoms. The number of carbonyl (C=O) groups is 2. The zero-order valence-corrected chi connectivity index (χ0v) is 18.5. The number of rotatable bonds is 5. The highest BCUT2D eigenvalue weighted by atomic mass is 35.5. The minimum atomic E-state index is -0.486. The van der Waals surface area contributed by atoms with Crippen LogP contribution in [0.25, 0.3) is 0 Å². The molecule has 2 aliphatic rings. The molecule has 0 spiro atoms. The van der Waals surface area contributed by atoms with E-state index in [1.54, 1.807) is 35.2 Å². The van der Waals surface area contributed by atoms with Crippen molar-refractivity contribution < 1.29 is 14.0 Å². The van der Waals surface area contributed by atoms with E-state index < -0.39 is 6.04 Å². The summed E-state index contributed by atoms with van der Waals surface area (Å²) in [5, 5.41) is 3.82. The molecule has 2 amide bonds. The summed E-state index contributed by atoms with van der Waals surface area (Å²) in [5.41, 5.74) is 1.38. The van der Waals surface area contributed by atoms with Crippen LogP contribution in [0.4, 0.5) is 10.1 Å². The zero-order valence-electron chi connectivity index (χ0n) is 17.0. The number of likely N-dealkylation sites (tertiary alicyclic amines) is 1. The van der Waals surface area contributed by atoms with Crippen LogP contribution >= 0.6 is 23.2 Å². The summed E-state index contributed by atoms with van der Waals surface area (Å²) >= 11 is 12.1. The molecule has 2 unspecified atom stereocenters. The minimum absolute atomic E-state index is 0.126. The fourth-order valence-electron chi connectivity index (χ4n) is 4.37. The van der Waals surface area contributed by atoms with Gasteiger partial charge in [-0.1, -0.05) is 23.2 Å². The molecule has 4 rings (SSSR count). The maximum absolute atomic E-state index is 13.1. The highest BCUT2D eigenvalue weighted by molar-refractivity contribution is 6.35. The van der Waals surface area contributed by atoms with Gasteiger partial charge in [-0.25, -0.2) is 4.39 Å². The molecular formula is C23H24Cl2FN3O2. The Morgan fingerprint density at radius 1 is 1.03 bits per heavy atom. The topological polar surface area (TPSA) is 52.7 Å². The monoisotopic (exact) mass is 463 g/mol. The van der Waals surface area contributed by atoms with Crippen LogP contribution in [0.15, 0.2) is 42.5 Å². The Hall–Kier alpha value is -2.31. The van der Waals surface area contributed by atoms with E-state index in [0.717, 1.165) is 31.6 Å². The zero-order chi connectivity index (χ0) is 22.0. The second-order valence-electron chi connectivity index (χ2n) is 8.14. The van der Waals surface area contributed by atoms with Crippen molar-refractivity contribution in [1.29, 1.82) is 0 Å². The molecule has 1 N–H and O–H groups in total. The highest BCUT2D eigenvalue weighted by Gasteiger charge is 2.35. The molecule has 0 radical (unpaired) electrons. The van der Waals surface area contributed by atoms with Crippen molar-refractivity contribution in [2.45, 2.75) is 25.3 Å². The lowest BCUT2D eigenvalue weighted by molar-refractivity contribution is -0.125. The first-order valence-corrected chi connectivity index (χ1v) is 11.2. The number of anilines is 1. The van der Waals surface area contributed by atoms with E-state index >= 15 is 0 Å². The maximum Gasteiger partial charge on any atom is 0.254 e. The quantitative estimate of drug-likeness (QED) is 0.715. The van der Waals surface area contributed by atoms with Gasteiger partial charge in [0.1, 0.15) is 11.9 Å². The molecule has 2 atom stereocenters. The largest absolute Gasteiger partial charge is 0.371 e. The van der Waals surface area contributed by atoms with Gasteiger partial charge in [0, 0.05) is 47.5 Å². The van der Waals surface area contributed by atoms with Gasteiger partial charge in [0.05, 0.1) is 0 Å². The standard InChI is InChI=1S/C23H24Cl2FN3O2/c24-17-10-16(11-18(25)12-17)23(31)29-8-1-2-21(29)22(30)27-13-15-7-9-28(14-15)20-5-3-19(26)4-6-20/h3-6,10-12,15,21H,1-2,7-9,13-14H2,(H,27,30). The average Bonchev–Trinajstić information content (AvgIpc) is 3.41. The first-order valence-electron chi connectivity index (χ1n) is 10.5. The molecule has 2 aliphatic heterocycles. The molecular weight excluding hydrogens is 440 g/mol. The Morgan fingerprint density at radius 3 is 2.45 bits per heavy atom. The van der Waals surface area contributed by atoms with E-state index in [2.05, 4.69) is 10.2 Å². The molecule has 2 saturated heterocycles. The lowest BCUT2D eigenvalue weighted by Gasteiger charge is -2.25. The van der Waals surface area contributed by atoms with E-state index in [1.807, 2.05) is 0 Å². The summed E-state index contributed by atoms with van der Waals surface area (Å²) in [4.78, 5) is 29.6. The summed E-state index contributed by atoms with van der Waals surface area (Å²) in [6.07, 6.45) is 2.37. The van der Waals surface area contributed by atoms with Crippen molar-refractivity contribution in [3.05, 3.63) is 63.9 Å². The predicted octanol–water partition coefficient (Wildman–Crippen LogP) is 4.38. The van der Waals surface area contributed by atoms with Crippen molar-refractivity contribution in [1.82, 2.24) is 10.2 Å². The van der Waals surface area contributed by atoms with E-state index in [4.69, 9.17) is 23.2 Å². The van der Waals surface area contributed by atoms with Gasteiger partial charge >= 0.3 is 0 Å². The number of hydrogen-bond acceptors (Lipinski definition) is 3. The van der Waals surface area contributed by atoms with Crippen molar-refractivity contribution in [2.75, 3.05) is 31.1 Å². The van der Waals surface area contributed by atoms with Crippen LogP contribution in [0.5, 0.6) is 0 Å². The van der Waals surface area contributed by atoms with Gasteiger partial charge in [0.15, 0.2) is 0 Å². The number of hydrogen-bond donors (Lipinski definition) is 1. The fraction of sp³-hybridized carbons (Fsp3) is 0.391. The molecule has 0 aromatic heterocycles. The number of halogens is 3. The van der Waals surface area contributed by atoms with Gasteiger partial charge < -0.3 is 15.1 Å². The highest BCUT2D eigenvalue weighted by Crippen LogP contribution is 2.26. The first kappa shape index (κ1) is 21.9. The van der Waals surface area contributed by atoms with E-state index in [1.165, 1.54) is 12.1 Å². The Balaban J connectivity index is 1.33. The Kier molecular flexibility index (Phi) is 6.68. The lowest BCUT2D eigenvalue weighted by atomic mass is 10.1. The molecule has 0 saturated carbocycles. The van der Waals surface area contributed by atoms with Crippen LogP contribution in [0, 0.1) is 11.7 Å². The lowest BCUT2D eigenvalue weighted by Crippen LogP contribution is -2.47. The van der Waals surface area contributed by atoms with Gasteiger partial charge in [-0.3, -0.25) is 9.59 Å². The van der Waals surface area contributed by atoms with Gasteiger partial charge in [-0.15, -0.1) is 0 Å². The maximum atomic E-state index is 13.1. The van der Waals surface area contributed by atoms with Crippen LogP contribution in [-0.4, -0.2) is 48.9 Å². The number of amides is 2. The summed E-state index contributed by atoms with van der Waals surface area (Å²) in [7, 11) is 0. The Labute approximate surface area is 191 Å². The molecule has 2 aromatic rings. The fourth-order valence-corrected chi connectivity index (χ4v) is 4.90. The van der Waals surface area contributed by atoms with Crippen LogP contribution < -0.4 is 10.2 Å². The van der Waals surface area contributed by atoms with E-state index in [0.29, 0.717) is 41.0 Å². The van der Waals surface area contributed by atoms with Crippen molar-refractivity contribution >= 4 is 40.7 Å². The molecule has 2 fully saturated rings. The van der Waals surface area contributed by atoms with Crippen molar-refractivity contribution in [3.63, 3.8) is 0 Å². The molecule has 2 heterocycles. The van der Waals surface area contributed by atoms with Gasteiger partial charge in [0.25, 0.3) is 5.91 Å². The minimum Gasteiger partial charge on any atom is -0.371 e. The third kappa shape index (κ3) is 5.13. The number of benzene rings is 2. The van der Waals surface area contributed by atoms with E-state index in [9.17, 15) is 14.0 Å². The smallest absolute Gasteiger partial charge is 0.254 e. The first-order chi connectivity index (χ1) is 14.9. The summed E-state index contributed by atoms with van der Waals surface area (Å²) in [6, 6.07) is 10.7. The van der Waals surface area contributed by atoms with E-state index in [-0.39, 0.29) is 17.6 Å². The van der Waals surface area contributed by atoms with Crippen LogP contribution in [0.1, 0.15) is 29.6 Å². The second kappa shape index (κ2) is 9.45. The molecule has 31 heavy (non-hydrogen) atoms. The summed E-state index contributed by atoms with van der Waals surface area (Å²) in [6.45, 7) is 2.76. The van der Waals surface area contributed by atoms with Gasteiger partial charge in [-0.2, -0.15) is 0 Å². The van der Waals surface area contributed by atoms with Gasteiger partial charge in [-0.05, 0) is 67.6 Å². The third-order valence-corrected chi connectivity index (χ3v) is 6.40. The normalized spacial score (nSPS) is 20.9. The summed E-state index contributed by atoms with van der Waals surface area (Å²) in [5.74, 6) is -0.293. The van der Waals surface area contributed by atoms with Crippen molar-refractivity contribution in [3.8, 4) is 0 Å². The number of carbonyl (C=O) groups excluding carboxylic acids is 2. The molecule has 8 heteroatoms. The van der Waals surface area contributed by atoms with Crippen LogP contribution in [0.3, 0.4) is 0 Å². The number of nitrogens with zero attached hydrogens (tertiary/aromatic N) is 2. The second-order valence-corrected chi connectivity index (χ2v) is 9.01. The van der Waals surface area contributed by atoms with Gasteiger partial charge in [0.2, 0.25) is 5.91 Å². The molecule has 2 aromatic carbocycles. The molecule has 5 nitrogen and oxygen atoms in total.